The number of hydrogen-bond acceptors (Lipinski definition) is 5. The van der Waals surface area contributed by atoms with Crippen molar-refractivity contribution in [2.24, 2.45) is 17.3 Å². The molecule has 2 unspecified atom stereocenters. The first-order valence-electron chi connectivity index (χ1n) is 8.59. The van der Waals surface area contributed by atoms with Crippen molar-refractivity contribution in [1.29, 1.82) is 21.2 Å². The minimum atomic E-state index is -1.91. The number of fused-ring (bicyclic) bond motifs is 1. The first-order chi connectivity index (χ1) is 12.9. The van der Waals surface area contributed by atoms with Crippen molar-refractivity contribution in [2.75, 3.05) is 27.2 Å². The van der Waals surface area contributed by atoms with Gasteiger partial charge in [0.25, 0.3) is 0 Å². The van der Waals surface area contributed by atoms with Gasteiger partial charge in [-0.2, -0.15) is 15.8 Å². The average molecular weight is 364 g/mol. The second-order valence-electron chi connectivity index (χ2n) is 7.05. The molecule has 1 aliphatic heterocycles. The van der Waals surface area contributed by atoms with Crippen LogP contribution in [0, 0.1) is 62.5 Å². The predicted molar refractivity (Wildman–Crippen MR) is 94.4 cm³/mol. The summed E-state index contributed by atoms with van der Waals surface area (Å²) in [6.45, 7) is 1.22. The highest BCUT2D eigenvalue weighted by molar-refractivity contribution is 6.00. The summed E-state index contributed by atoms with van der Waals surface area (Å²) in [7, 11) is 3.42. The summed E-state index contributed by atoms with van der Waals surface area (Å²) in [6, 6.07) is 10.2. The molecule has 0 radical (unpaired) electrons. The molecule has 2 aliphatic rings. The van der Waals surface area contributed by atoms with Gasteiger partial charge in [-0.15, -0.1) is 0 Å². The number of ether oxygens (including phenoxy) is 1. The molecule has 136 valence electrons. The van der Waals surface area contributed by atoms with Crippen molar-refractivity contribution < 1.29 is 14.0 Å². The molecule has 2 N–H and O–H groups in total. The highest BCUT2D eigenvalue weighted by Gasteiger charge is 2.59. The molecule has 7 heteroatoms. The third-order valence-corrected chi connectivity index (χ3v) is 5.62. The molecule has 1 aromatic carbocycles. The van der Waals surface area contributed by atoms with Crippen molar-refractivity contribution in [3.8, 4) is 24.0 Å². The van der Waals surface area contributed by atoms with Crippen molar-refractivity contribution in [1.82, 2.24) is 0 Å². The molecule has 0 spiro atoms. The number of hydrogen-bond donors (Lipinski definition) is 2. The van der Waals surface area contributed by atoms with Crippen LogP contribution in [0.4, 0.5) is 4.39 Å². The maximum absolute atomic E-state index is 14.8. The van der Waals surface area contributed by atoms with Gasteiger partial charge in [0.1, 0.15) is 17.5 Å². The molecule has 3 rings (SSSR count). The molecule has 0 bridgehead atoms. The molecular weight excluding hydrogens is 345 g/mol. The van der Waals surface area contributed by atoms with Crippen molar-refractivity contribution in [2.45, 2.75) is 5.92 Å². The largest absolute Gasteiger partial charge is 0.497 e. The molecule has 1 aromatic rings. The second kappa shape index (κ2) is 6.83. The molecule has 0 amide bonds. The Morgan fingerprint density at radius 3 is 2.59 bits per heavy atom. The van der Waals surface area contributed by atoms with Gasteiger partial charge in [0.2, 0.25) is 0 Å². The molecule has 27 heavy (non-hydrogen) atoms. The molecule has 0 aromatic heterocycles. The Labute approximate surface area is 157 Å². The molecule has 6 nitrogen and oxygen atoms in total. The van der Waals surface area contributed by atoms with E-state index in [2.05, 4.69) is 6.07 Å². The lowest BCUT2D eigenvalue weighted by molar-refractivity contribution is -0.878. The van der Waals surface area contributed by atoms with Gasteiger partial charge in [0.15, 0.2) is 5.41 Å². The number of methoxy groups -OCH3 is 1. The molecule has 4 atom stereocenters. The van der Waals surface area contributed by atoms with E-state index < -0.39 is 29.0 Å². The van der Waals surface area contributed by atoms with Crippen LogP contribution >= 0.6 is 0 Å². The zero-order chi connectivity index (χ0) is 19.8. The molecular formula is C20H19FN5O+. The summed E-state index contributed by atoms with van der Waals surface area (Å²) in [5.74, 6) is -2.36. The lowest BCUT2D eigenvalue weighted by Gasteiger charge is -2.46. The van der Waals surface area contributed by atoms with Gasteiger partial charge in [-0.3, -0.25) is 0 Å². The number of likely N-dealkylation sites (N-methyl/N-ethyl adjacent to an activating group) is 1. The molecule has 1 heterocycles. The van der Waals surface area contributed by atoms with Crippen LogP contribution in [0.5, 0.6) is 5.75 Å². The third kappa shape index (κ3) is 2.67. The maximum Gasteiger partial charge on any atom is 0.190 e. The summed E-state index contributed by atoms with van der Waals surface area (Å²) >= 11 is 0. The van der Waals surface area contributed by atoms with E-state index in [0.29, 0.717) is 24.4 Å². The number of nitrogens with one attached hydrogen (secondary N) is 2. The van der Waals surface area contributed by atoms with Crippen molar-refractivity contribution in [3.63, 3.8) is 0 Å². The Kier molecular flexibility index (Phi) is 4.70. The minimum absolute atomic E-state index is 0.171. The van der Waals surface area contributed by atoms with Crippen LogP contribution < -0.4 is 9.64 Å². The minimum Gasteiger partial charge on any atom is -0.497 e. The van der Waals surface area contributed by atoms with E-state index in [-0.39, 0.29) is 11.3 Å². The van der Waals surface area contributed by atoms with Gasteiger partial charge in [0.05, 0.1) is 51.2 Å². The summed E-state index contributed by atoms with van der Waals surface area (Å²) in [4.78, 5) is 1.13. The normalized spacial score (nSPS) is 28.7. The van der Waals surface area contributed by atoms with E-state index in [0.717, 1.165) is 4.90 Å². The van der Waals surface area contributed by atoms with Crippen LogP contribution in [-0.2, 0) is 0 Å². The van der Waals surface area contributed by atoms with Crippen molar-refractivity contribution in [3.05, 3.63) is 41.2 Å². The molecule has 1 fully saturated rings. The first kappa shape index (κ1) is 18.6. The van der Waals surface area contributed by atoms with Crippen LogP contribution in [0.15, 0.2) is 29.8 Å². The summed E-state index contributed by atoms with van der Waals surface area (Å²) in [6.07, 6.45) is 1.90. The van der Waals surface area contributed by atoms with Crippen molar-refractivity contribution >= 4 is 5.71 Å². The van der Waals surface area contributed by atoms with Gasteiger partial charge in [-0.1, -0.05) is 0 Å². The van der Waals surface area contributed by atoms with Gasteiger partial charge in [-0.05, 0) is 35.4 Å². The summed E-state index contributed by atoms with van der Waals surface area (Å²) in [5, 5.41) is 38.0. The van der Waals surface area contributed by atoms with E-state index in [9.17, 15) is 20.2 Å². The van der Waals surface area contributed by atoms with Gasteiger partial charge in [-0.25, -0.2) is 4.39 Å². The fraction of sp³-hybridized carbons (Fsp3) is 0.400. The summed E-state index contributed by atoms with van der Waals surface area (Å²) < 4.78 is 20.0. The van der Waals surface area contributed by atoms with Crippen LogP contribution in [0.2, 0.25) is 0 Å². The number of rotatable bonds is 2. The first-order valence-corrected chi connectivity index (χ1v) is 8.59. The Bertz CT molecular complexity index is 935. The fourth-order valence-electron chi connectivity index (χ4n) is 4.29. The SMILES string of the molecule is COc1ccc(F)c([C@H]2[C@H]3C[NH+](C)CC=C3C(C#N)C(=N)C2(C#N)C#N)c1. The lowest BCUT2D eigenvalue weighted by Crippen LogP contribution is -3.10. The Morgan fingerprint density at radius 2 is 2.00 bits per heavy atom. The van der Waals surface area contributed by atoms with E-state index >= 15 is 0 Å². The zero-order valence-electron chi connectivity index (χ0n) is 15.1. The average Bonchev–Trinajstić information content (AvgIpc) is 2.68. The molecule has 1 aliphatic carbocycles. The monoisotopic (exact) mass is 364 g/mol. The number of halogens is 1. The van der Waals surface area contributed by atoms with E-state index in [4.69, 9.17) is 10.1 Å². The second-order valence-corrected chi connectivity index (χ2v) is 7.05. The van der Waals surface area contributed by atoms with Crippen LogP contribution in [-0.4, -0.2) is 33.0 Å². The van der Waals surface area contributed by atoms with Crippen LogP contribution in [0.3, 0.4) is 0 Å². The van der Waals surface area contributed by atoms with E-state index in [1.165, 1.54) is 25.3 Å². The highest BCUT2D eigenvalue weighted by Crippen LogP contribution is 2.53. The van der Waals surface area contributed by atoms with Gasteiger partial charge in [0, 0.05) is 11.8 Å². The number of quaternary nitrogens is 1. The standard InChI is InChI=1S/C20H18FN5O/c1-26-6-5-13-15(8-22)19(25)20(10-23,11-24)18(16(13)9-26)14-7-12(27-2)3-4-17(14)21/h3-5,7,15-16,18,25H,6,9H2,1-2H3/p+1/t15?,16-,18-/m0/s1. The molecule has 0 saturated heterocycles. The Morgan fingerprint density at radius 1 is 1.30 bits per heavy atom. The van der Waals surface area contributed by atoms with E-state index in [1.54, 1.807) is 0 Å². The molecule has 1 saturated carbocycles. The fourth-order valence-corrected chi connectivity index (χ4v) is 4.29. The topological polar surface area (TPSA) is 109 Å². The van der Waals surface area contributed by atoms with Gasteiger partial charge < -0.3 is 15.0 Å². The number of benzene rings is 1. The van der Waals surface area contributed by atoms with Gasteiger partial charge >= 0.3 is 0 Å². The van der Waals surface area contributed by atoms with Crippen LogP contribution in [0.1, 0.15) is 11.5 Å². The van der Waals surface area contributed by atoms with E-state index in [1.807, 2.05) is 25.3 Å². The maximum atomic E-state index is 14.8. The Hall–Kier alpha value is -3.21. The Balaban J connectivity index is 2.31. The number of nitrogens with zero attached hydrogens (tertiary/aromatic N) is 3. The number of nitriles is 3. The summed E-state index contributed by atoms with van der Waals surface area (Å²) in [5.41, 5.74) is -1.30. The smallest absolute Gasteiger partial charge is 0.190 e. The van der Waals surface area contributed by atoms with Crippen LogP contribution in [0.25, 0.3) is 0 Å². The zero-order valence-corrected chi connectivity index (χ0v) is 15.1. The quantitative estimate of drug-likeness (QED) is 0.768. The predicted octanol–water partition coefficient (Wildman–Crippen LogP) is 1.20. The third-order valence-electron chi connectivity index (χ3n) is 5.62. The highest BCUT2D eigenvalue weighted by atomic mass is 19.1. The lowest BCUT2D eigenvalue weighted by atomic mass is 9.54.